The molecule has 7 heteroatoms. The van der Waals surface area contributed by atoms with E-state index in [4.69, 9.17) is 14.2 Å². The molecular formula is C23H23NO6. The second kappa shape index (κ2) is 9.26. The van der Waals surface area contributed by atoms with Crippen LogP contribution in [0.5, 0.6) is 0 Å². The van der Waals surface area contributed by atoms with Gasteiger partial charge in [-0.3, -0.25) is 9.59 Å². The number of esters is 3. The predicted molar refractivity (Wildman–Crippen MR) is 110 cm³/mol. The third kappa shape index (κ3) is 4.68. The molecule has 3 aromatic rings. The second-order valence-corrected chi connectivity index (χ2v) is 6.86. The smallest absolute Gasteiger partial charge is 0.340 e. The van der Waals surface area contributed by atoms with Crippen molar-refractivity contribution in [2.75, 3.05) is 14.2 Å². The molecule has 0 aliphatic heterocycles. The molecule has 3 rings (SSSR count). The first-order chi connectivity index (χ1) is 14.4. The van der Waals surface area contributed by atoms with Gasteiger partial charge in [-0.1, -0.05) is 30.3 Å². The maximum atomic E-state index is 12.8. The van der Waals surface area contributed by atoms with Crippen LogP contribution in [0, 0.1) is 6.92 Å². The van der Waals surface area contributed by atoms with Crippen LogP contribution in [0.3, 0.4) is 0 Å². The van der Waals surface area contributed by atoms with Crippen LogP contribution in [0.1, 0.15) is 32.7 Å². The molecule has 0 aliphatic rings. The Morgan fingerprint density at radius 3 is 2.10 bits per heavy atom. The molecule has 156 valence electrons. The average molecular weight is 409 g/mol. The number of carbonyl (C=O) groups is 3. The van der Waals surface area contributed by atoms with Crippen LogP contribution < -0.4 is 0 Å². The highest BCUT2D eigenvalue weighted by Crippen LogP contribution is 2.28. The molecule has 0 radical (unpaired) electrons. The Hall–Kier alpha value is -3.61. The molecular weight excluding hydrogens is 386 g/mol. The summed E-state index contributed by atoms with van der Waals surface area (Å²) in [6.07, 6.45) is -0.0217. The minimum Gasteiger partial charge on any atom is -0.469 e. The standard InChI is InChI=1S/C23H23NO6/c1-14-22(23(27)30-13-15-7-5-4-6-8-15)18-9-16(11-20(25)28-2)17(10-19(18)24-14)12-21(26)29-3/h4-10,24H,11-13H2,1-3H3. The number of fused-ring (bicyclic) bond motifs is 1. The molecule has 0 bridgehead atoms. The third-order valence-corrected chi connectivity index (χ3v) is 4.85. The number of benzene rings is 2. The van der Waals surface area contributed by atoms with Crippen LogP contribution in [0.2, 0.25) is 0 Å². The summed E-state index contributed by atoms with van der Waals surface area (Å²) in [5.74, 6) is -1.33. The molecule has 1 N–H and O–H groups in total. The first kappa shape index (κ1) is 21.1. The van der Waals surface area contributed by atoms with Gasteiger partial charge >= 0.3 is 17.9 Å². The van der Waals surface area contributed by atoms with Gasteiger partial charge in [0.2, 0.25) is 0 Å². The average Bonchev–Trinajstić information content (AvgIpc) is 3.07. The fourth-order valence-corrected chi connectivity index (χ4v) is 3.31. The second-order valence-electron chi connectivity index (χ2n) is 6.86. The van der Waals surface area contributed by atoms with Crippen LogP contribution in [0.25, 0.3) is 10.9 Å². The largest absolute Gasteiger partial charge is 0.469 e. The molecule has 0 saturated carbocycles. The highest BCUT2D eigenvalue weighted by molar-refractivity contribution is 6.06. The maximum absolute atomic E-state index is 12.8. The van der Waals surface area contributed by atoms with Crippen LogP contribution in [-0.4, -0.2) is 37.1 Å². The van der Waals surface area contributed by atoms with Crippen LogP contribution in [0.15, 0.2) is 42.5 Å². The van der Waals surface area contributed by atoms with E-state index in [9.17, 15) is 14.4 Å². The van der Waals surface area contributed by atoms with E-state index in [0.717, 1.165) is 5.56 Å². The monoisotopic (exact) mass is 409 g/mol. The number of nitrogens with one attached hydrogen (secondary N) is 1. The number of ether oxygens (including phenoxy) is 3. The normalized spacial score (nSPS) is 10.6. The summed E-state index contributed by atoms with van der Waals surface area (Å²) in [4.78, 5) is 39.6. The van der Waals surface area contributed by atoms with Crippen molar-refractivity contribution in [2.45, 2.75) is 26.4 Å². The number of H-pyrrole nitrogens is 1. The number of hydrogen-bond donors (Lipinski definition) is 1. The lowest BCUT2D eigenvalue weighted by Crippen LogP contribution is -2.11. The third-order valence-electron chi connectivity index (χ3n) is 4.85. The fourth-order valence-electron chi connectivity index (χ4n) is 3.31. The molecule has 2 aromatic carbocycles. The number of methoxy groups -OCH3 is 2. The SMILES string of the molecule is COC(=O)Cc1cc2[nH]c(C)c(C(=O)OCc3ccccc3)c2cc1CC(=O)OC. The van der Waals surface area contributed by atoms with Crippen molar-refractivity contribution in [1.29, 1.82) is 0 Å². The molecule has 0 spiro atoms. The lowest BCUT2D eigenvalue weighted by molar-refractivity contribution is -0.141. The van der Waals surface area contributed by atoms with Gasteiger partial charge in [-0.2, -0.15) is 0 Å². The summed E-state index contributed by atoms with van der Waals surface area (Å²) in [5.41, 5.74) is 3.82. The van der Waals surface area contributed by atoms with Crippen molar-refractivity contribution in [2.24, 2.45) is 0 Å². The Balaban J connectivity index is 1.97. The van der Waals surface area contributed by atoms with E-state index in [1.807, 2.05) is 30.3 Å². The van der Waals surface area contributed by atoms with E-state index in [1.54, 1.807) is 19.1 Å². The summed E-state index contributed by atoms with van der Waals surface area (Å²) >= 11 is 0. The van der Waals surface area contributed by atoms with E-state index < -0.39 is 17.9 Å². The van der Waals surface area contributed by atoms with Gasteiger partial charge in [0, 0.05) is 16.6 Å². The number of aryl methyl sites for hydroxylation is 1. The zero-order valence-electron chi connectivity index (χ0n) is 17.1. The van der Waals surface area contributed by atoms with Crippen molar-refractivity contribution < 1.29 is 28.6 Å². The molecule has 0 unspecified atom stereocenters. The van der Waals surface area contributed by atoms with Gasteiger partial charge in [0.1, 0.15) is 6.61 Å². The Bertz CT molecular complexity index is 1080. The van der Waals surface area contributed by atoms with Crippen LogP contribution >= 0.6 is 0 Å². The summed E-state index contributed by atoms with van der Waals surface area (Å²) in [5, 5.41) is 0.623. The highest BCUT2D eigenvalue weighted by atomic mass is 16.5. The van der Waals surface area contributed by atoms with Gasteiger partial charge in [0.25, 0.3) is 0 Å². The van der Waals surface area contributed by atoms with Crippen LogP contribution in [-0.2, 0) is 43.2 Å². The van der Waals surface area contributed by atoms with E-state index in [2.05, 4.69) is 4.98 Å². The van der Waals surface area contributed by atoms with Crippen molar-refractivity contribution in [3.63, 3.8) is 0 Å². The molecule has 0 saturated heterocycles. The van der Waals surface area contributed by atoms with Gasteiger partial charge in [-0.05, 0) is 35.7 Å². The molecule has 7 nitrogen and oxygen atoms in total. The van der Waals surface area contributed by atoms with Crippen molar-refractivity contribution in [3.05, 3.63) is 70.4 Å². The molecule has 0 amide bonds. The predicted octanol–water partition coefficient (Wildman–Crippen LogP) is 3.26. The Morgan fingerprint density at radius 1 is 0.900 bits per heavy atom. The number of aromatic amines is 1. The van der Waals surface area contributed by atoms with Crippen molar-refractivity contribution in [3.8, 4) is 0 Å². The molecule has 1 heterocycles. The zero-order chi connectivity index (χ0) is 21.7. The number of carbonyl (C=O) groups excluding carboxylic acids is 3. The zero-order valence-corrected chi connectivity index (χ0v) is 17.1. The van der Waals surface area contributed by atoms with Gasteiger partial charge in [0.05, 0.1) is 32.6 Å². The van der Waals surface area contributed by atoms with Gasteiger partial charge < -0.3 is 19.2 Å². The molecule has 0 aliphatic carbocycles. The summed E-state index contributed by atoms with van der Waals surface area (Å²) < 4.78 is 15.0. The minimum atomic E-state index is -0.465. The van der Waals surface area contributed by atoms with Crippen molar-refractivity contribution in [1.82, 2.24) is 4.98 Å². The number of aromatic nitrogens is 1. The maximum Gasteiger partial charge on any atom is 0.340 e. The van der Waals surface area contributed by atoms with Crippen molar-refractivity contribution >= 4 is 28.8 Å². The topological polar surface area (TPSA) is 94.7 Å². The van der Waals surface area contributed by atoms with Gasteiger partial charge in [-0.25, -0.2) is 4.79 Å². The Morgan fingerprint density at radius 2 is 1.50 bits per heavy atom. The number of hydrogen-bond acceptors (Lipinski definition) is 6. The summed E-state index contributed by atoms with van der Waals surface area (Å²) in [7, 11) is 2.61. The molecule has 30 heavy (non-hydrogen) atoms. The van der Waals surface area contributed by atoms with E-state index in [0.29, 0.717) is 33.3 Å². The van der Waals surface area contributed by atoms with E-state index in [1.165, 1.54) is 14.2 Å². The molecule has 1 aromatic heterocycles. The van der Waals surface area contributed by atoms with E-state index in [-0.39, 0.29) is 19.4 Å². The molecule has 0 atom stereocenters. The van der Waals surface area contributed by atoms with Crippen LogP contribution in [0.4, 0.5) is 0 Å². The first-order valence-electron chi connectivity index (χ1n) is 9.41. The highest BCUT2D eigenvalue weighted by Gasteiger charge is 2.21. The van der Waals surface area contributed by atoms with Gasteiger partial charge in [0.15, 0.2) is 0 Å². The van der Waals surface area contributed by atoms with Gasteiger partial charge in [-0.15, -0.1) is 0 Å². The number of rotatable bonds is 7. The Labute approximate surface area is 173 Å². The first-order valence-corrected chi connectivity index (χ1v) is 9.41. The fraction of sp³-hybridized carbons (Fsp3) is 0.261. The summed E-state index contributed by atoms with van der Waals surface area (Å²) in [6.45, 7) is 1.93. The van der Waals surface area contributed by atoms with E-state index >= 15 is 0 Å². The lowest BCUT2D eigenvalue weighted by atomic mass is 9.98. The Kier molecular flexibility index (Phi) is 6.51. The lowest BCUT2D eigenvalue weighted by Gasteiger charge is -2.10. The summed E-state index contributed by atoms with van der Waals surface area (Å²) in [6, 6.07) is 12.9. The minimum absolute atomic E-state index is 0.00459. The molecule has 0 fully saturated rings. The quantitative estimate of drug-likeness (QED) is 0.475.